The first-order valence-electron chi connectivity index (χ1n) is 6.04. The predicted molar refractivity (Wildman–Crippen MR) is 75.6 cm³/mol. The Kier molecular flexibility index (Phi) is 3.74. The molecule has 0 saturated carbocycles. The van der Waals surface area contributed by atoms with Crippen LogP contribution < -0.4 is 16.2 Å². The summed E-state index contributed by atoms with van der Waals surface area (Å²) in [5.41, 5.74) is 0.590. The molecule has 1 aromatic heterocycles. The summed E-state index contributed by atoms with van der Waals surface area (Å²) >= 11 is 0. The summed E-state index contributed by atoms with van der Waals surface area (Å²) in [7, 11) is 3.01. The lowest BCUT2D eigenvalue weighted by Gasteiger charge is -2.16. The van der Waals surface area contributed by atoms with Crippen molar-refractivity contribution < 1.29 is 8.78 Å². The number of hydrogen-bond donors (Lipinski definition) is 2. The maximum atomic E-state index is 13.8. The lowest BCUT2D eigenvalue weighted by molar-refractivity contribution is 0.593. The first kappa shape index (κ1) is 14.0. The normalized spacial score (nSPS) is 10.4. The van der Waals surface area contributed by atoms with Crippen LogP contribution in [-0.4, -0.2) is 11.6 Å². The lowest BCUT2D eigenvalue weighted by atomic mass is 10.2. The fourth-order valence-electron chi connectivity index (χ4n) is 1.89. The Hall–Kier alpha value is -2.37. The highest BCUT2D eigenvalue weighted by Gasteiger charge is 2.13. The number of aromatic nitrogens is 1. The highest BCUT2D eigenvalue weighted by Crippen LogP contribution is 2.26. The molecule has 2 N–H and O–H groups in total. The zero-order valence-electron chi connectivity index (χ0n) is 11.4. The third kappa shape index (κ3) is 2.49. The van der Waals surface area contributed by atoms with Crippen LogP contribution in [0.5, 0.6) is 0 Å². The fraction of sp³-hybridized carbons (Fsp3) is 0.214. The summed E-state index contributed by atoms with van der Waals surface area (Å²) in [6.45, 7) is 1.78. The van der Waals surface area contributed by atoms with Crippen molar-refractivity contribution in [1.82, 2.24) is 4.57 Å². The van der Waals surface area contributed by atoms with E-state index in [1.807, 2.05) is 0 Å². The number of aryl methyl sites for hydroxylation is 1. The second-order valence-corrected chi connectivity index (χ2v) is 4.48. The number of rotatable bonds is 3. The molecule has 1 aromatic carbocycles. The minimum absolute atomic E-state index is 0.216. The molecule has 0 aliphatic carbocycles. The molecule has 20 heavy (non-hydrogen) atoms. The molecule has 0 aliphatic rings. The van der Waals surface area contributed by atoms with Gasteiger partial charge in [-0.2, -0.15) is 0 Å². The van der Waals surface area contributed by atoms with Crippen LogP contribution in [0.15, 0.2) is 29.1 Å². The van der Waals surface area contributed by atoms with Gasteiger partial charge in [-0.3, -0.25) is 9.36 Å². The van der Waals surface area contributed by atoms with E-state index in [0.29, 0.717) is 11.5 Å². The SMILES string of the molecule is CNc1cc(F)c(=O)n(C)c1Nc1ccc(C)cc1F. The van der Waals surface area contributed by atoms with Gasteiger partial charge in [0.15, 0.2) is 5.82 Å². The van der Waals surface area contributed by atoms with Gasteiger partial charge in [0.25, 0.3) is 5.56 Å². The number of benzene rings is 1. The minimum atomic E-state index is -0.869. The van der Waals surface area contributed by atoms with Crippen molar-refractivity contribution in [3.05, 3.63) is 51.8 Å². The maximum absolute atomic E-state index is 13.8. The maximum Gasteiger partial charge on any atom is 0.287 e. The number of pyridine rings is 1. The van der Waals surface area contributed by atoms with Crippen molar-refractivity contribution in [1.29, 1.82) is 0 Å². The molecule has 0 radical (unpaired) electrons. The van der Waals surface area contributed by atoms with Gasteiger partial charge < -0.3 is 10.6 Å². The van der Waals surface area contributed by atoms with Crippen molar-refractivity contribution in [2.45, 2.75) is 6.92 Å². The van der Waals surface area contributed by atoms with Gasteiger partial charge in [-0.25, -0.2) is 8.78 Å². The molecule has 0 fully saturated rings. The second-order valence-electron chi connectivity index (χ2n) is 4.48. The van der Waals surface area contributed by atoms with E-state index in [1.165, 1.54) is 13.1 Å². The molecule has 106 valence electrons. The van der Waals surface area contributed by atoms with Gasteiger partial charge in [-0.05, 0) is 24.6 Å². The molecular formula is C14H15F2N3O. The molecule has 0 amide bonds. The summed E-state index contributed by atoms with van der Waals surface area (Å²) < 4.78 is 28.3. The van der Waals surface area contributed by atoms with Gasteiger partial charge in [0.1, 0.15) is 11.6 Å². The van der Waals surface area contributed by atoms with Crippen LogP contribution in [0.3, 0.4) is 0 Å². The third-order valence-corrected chi connectivity index (χ3v) is 3.02. The van der Waals surface area contributed by atoms with Gasteiger partial charge in [-0.15, -0.1) is 0 Å². The summed E-state index contributed by atoms with van der Waals surface area (Å²) in [6.07, 6.45) is 0. The van der Waals surface area contributed by atoms with Gasteiger partial charge >= 0.3 is 0 Å². The average molecular weight is 279 g/mol. The number of halogens is 2. The third-order valence-electron chi connectivity index (χ3n) is 3.02. The first-order chi connectivity index (χ1) is 9.43. The largest absolute Gasteiger partial charge is 0.385 e. The van der Waals surface area contributed by atoms with Crippen molar-refractivity contribution >= 4 is 17.2 Å². The number of nitrogens with one attached hydrogen (secondary N) is 2. The van der Waals surface area contributed by atoms with E-state index >= 15 is 0 Å². The van der Waals surface area contributed by atoms with Crippen LogP contribution in [0.4, 0.5) is 26.0 Å². The zero-order chi connectivity index (χ0) is 14.9. The molecule has 6 heteroatoms. The van der Waals surface area contributed by atoms with E-state index in [4.69, 9.17) is 0 Å². The smallest absolute Gasteiger partial charge is 0.287 e. The molecule has 0 unspecified atom stereocenters. The van der Waals surface area contributed by atoms with E-state index in [0.717, 1.165) is 16.2 Å². The molecule has 0 saturated heterocycles. The summed E-state index contributed by atoms with van der Waals surface area (Å²) in [5, 5.41) is 5.58. The van der Waals surface area contributed by atoms with Gasteiger partial charge in [0.05, 0.1) is 11.4 Å². The molecule has 4 nitrogen and oxygen atoms in total. The Morgan fingerprint density at radius 1 is 1.10 bits per heavy atom. The Morgan fingerprint density at radius 3 is 2.40 bits per heavy atom. The van der Waals surface area contributed by atoms with Crippen molar-refractivity contribution in [3.63, 3.8) is 0 Å². The second kappa shape index (κ2) is 5.32. The zero-order valence-corrected chi connectivity index (χ0v) is 11.4. The summed E-state index contributed by atoms with van der Waals surface area (Å²) in [4.78, 5) is 11.6. The van der Waals surface area contributed by atoms with E-state index < -0.39 is 17.2 Å². The predicted octanol–water partition coefficient (Wildman–Crippen LogP) is 2.76. The number of nitrogens with zero attached hydrogens (tertiary/aromatic N) is 1. The van der Waals surface area contributed by atoms with Crippen LogP contribution in [0.2, 0.25) is 0 Å². The molecule has 1 heterocycles. The van der Waals surface area contributed by atoms with E-state index in [2.05, 4.69) is 10.6 Å². The number of hydrogen-bond acceptors (Lipinski definition) is 3. The Morgan fingerprint density at radius 2 is 1.80 bits per heavy atom. The van der Waals surface area contributed by atoms with Crippen LogP contribution >= 0.6 is 0 Å². The average Bonchev–Trinajstić information content (AvgIpc) is 2.41. The minimum Gasteiger partial charge on any atom is -0.385 e. The van der Waals surface area contributed by atoms with Gasteiger partial charge in [0.2, 0.25) is 0 Å². The van der Waals surface area contributed by atoms with Gasteiger partial charge in [-0.1, -0.05) is 6.07 Å². The summed E-state index contributed by atoms with van der Waals surface area (Å²) in [6, 6.07) is 5.77. The van der Waals surface area contributed by atoms with Gasteiger partial charge in [0, 0.05) is 20.2 Å². The molecule has 0 bridgehead atoms. The standard InChI is InChI=1S/C14H15F2N3O/c1-8-4-5-11(9(15)6-8)18-13-12(17-2)7-10(16)14(20)19(13)3/h4-7,17-18H,1-3H3. The van der Waals surface area contributed by atoms with Crippen LogP contribution in [0, 0.1) is 18.6 Å². The Bertz CT molecular complexity index is 710. The molecule has 0 atom stereocenters. The van der Waals surface area contributed by atoms with Crippen molar-refractivity contribution in [2.24, 2.45) is 7.05 Å². The molecule has 2 aromatic rings. The molecule has 0 spiro atoms. The molecular weight excluding hydrogens is 264 g/mol. The highest BCUT2D eigenvalue weighted by atomic mass is 19.1. The molecule has 2 rings (SSSR count). The monoisotopic (exact) mass is 279 g/mol. The topological polar surface area (TPSA) is 46.1 Å². The first-order valence-corrected chi connectivity index (χ1v) is 6.04. The number of anilines is 3. The van der Waals surface area contributed by atoms with E-state index in [1.54, 1.807) is 26.1 Å². The van der Waals surface area contributed by atoms with Crippen molar-refractivity contribution in [2.75, 3.05) is 17.7 Å². The Labute approximate surface area is 115 Å². The van der Waals surface area contributed by atoms with E-state index in [9.17, 15) is 13.6 Å². The van der Waals surface area contributed by atoms with Crippen molar-refractivity contribution in [3.8, 4) is 0 Å². The fourth-order valence-corrected chi connectivity index (χ4v) is 1.89. The van der Waals surface area contributed by atoms with Crippen LogP contribution in [0.25, 0.3) is 0 Å². The van der Waals surface area contributed by atoms with E-state index in [-0.39, 0.29) is 5.69 Å². The highest BCUT2D eigenvalue weighted by molar-refractivity contribution is 5.71. The van der Waals surface area contributed by atoms with Crippen LogP contribution in [-0.2, 0) is 7.05 Å². The Balaban J connectivity index is 2.53. The quantitative estimate of drug-likeness (QED) is 0.908. The molecule has 0 aliphatic heterocycles. The summed E-state index contributed by atoms with van der Waals surface area (Å²) in [5.74, 6) is -1.02. The lowest BCUT2D eigenvalue weighted by Crippen LogP contribution is -2.23. The van der Waals surface area contributed by atoms with Crippen LogP contribution in [0.1, 0.15) is 5.56 Å².